The van der Waals surface area contributed by atoms with E-state index in [1.165, 1.54) is 0 Å². The molecule has 1 aliphatic heterocycles. The molecule has 1 heterocycles. The van der Waals surface area contributed by atoms with E-state index in [-0.39, 0.29) is 11.9 Å². The Kier molecular flexibility index (Phi) is 7.30. The molecule has 1 fully saturated rings. The lowest BCUT2D eigenvalue weighted by Crippen LogP contribution is -2.53. The van der Waals surface area contributed by atoms with Crippen LogP contribution < -0.4 is 14.2 Å². The highest BCUT2D eigenvalue weighted by atomic mass is 32.2. The highest BCUT2D eigenvalue weighted by molar-refractivity contribution is 7.80. The Labute approximate surface area is 179 Å². The fraction of sp³-hybridized carbons (Fsp3) is 0.381. The number of carbonyl (C=O) groups excluding carboxylic acids is 1. The number of piperazine rings is 1. The fourth-order valence-corrected chi connectivity index (χ4v) is 4.08. The zero-order chi connectivity index (χ0) is 21.7. The van der Waals surface area contributed by atoms with Crippen LogP contribution in [0.4, 0.5) is 5.69 Å². The van der Waals surface area contributed by atoms with E-state index < -0.39 is 11.3 Å². The number of carbonyl (C=O) groups is 1. The van der Waals surface area contributed by atoms with Gasteiger partial charge in [-0.05, 0) is 37.3 Å². The second-order valence-corrected chi connectivity index (χ2v) is 7.87. The number of hydrogen-bond acceptors (Lipinski definition) is 5. The molecule has 162 valence electrons. The number of amides is 1. The van der Waals surface area contributed by atoms with Gasteiger partial charge in [0.25, 0.3) is 17.2 Å². The van der Waals surface area contributed by atoms with Crippen LogP contribution in [-0.2, 0) is 17.8 Å². The largest absolute Gasteiger partial charge is 0.493 e. The van der Waals surface area contributed by atoms with Crippen LogP contribution in [0, 0.1) is 0 Å². The number of nitrogens with zero attached hydrogens (tertiary/aromatic N) is 2. The van der Waals surface area contributed by atoms with Crippen LogP contribution in [0.1, 0.15) is 22.8 Å². The molecule has 2 aromatic rings. The summed E-state index contributed by atoms with van der Waals surface area (Å²) in [5.41, 5.74) is 2.09. The van der Waals surface area contributed by atoms with Crippen molar-refractivity contribution < 1.29 is 23.0 Å². The first-order valence-corrected chi connectivity index (χ1v) is 10.7. The second-order valence-electron chi connectivity index (χ2n) is 7.16. The Morgan fingerprint density at radius 3 is 2.50 bits per heavy atom. The number of hydrogen-bond donors (Lipinski definition) is 2. The first kappa shape index (κ1) is 22.1. The highest BCUT2D eigenvalue weighted by Gasteiger charge is 2.28. The van der Waals surface area contributed by atoms with Crippen LogP contribution in [0.15, 0.2) is 42.5 Å². The number of ether oxygens (including phenoxy) is 2. The van der Waals surface area contributed by atoms with E-state index in [0.717, 1.165) is 24.4 Å². The van der Waals surface area contributed by atoms with E-state index in [1.807, 2.05) is 30.0 Å². The smallest absolute Gasteiger partial charge is 0.259 e. The number of rotatable bonds is 7. The van der Waals surface area contributed by atoms with Crippen molar-refractivity contribution in [2.45, 2.75) is 19.5 Å². The van der Waals surface area contributed by atoms with Gasteiger partial charge in [-0.1, -0.05) is 12.1 Å². The Hall–Kier alpha value is -2.62. The molecule has 3 rings (SSSR count). The van der Waals surface area contributed by atoms with Gasteiger partial charge in [-0.3, -0.25) is 19.0 Å². The molecule has 0 bridgehead atoms. The van der Waals surface area contributed by atoms with Crippen LogP contribution in [0.2, 0.25) is 0 Å². The van der Waals surface area contributed by atoms with Gasteiger partial charge in [-0.2, -0.15) is 0 Å². The Balaban J connectivity index is 1.64. The maximum absolute atomic E-state index is 12.9. The monoisotopic (exact) mass is 433 g/mol. The number of methoxy groups -OCH3 is 2. The molecule has 2 aromatic carbocycles. The average Bonchev–Trinajstić information content (AvgIpc) is 2.73. The zero-order valence-corrected chi connectivity index (χ0v) is 18.1. The zero-order valence-electron chi connectivity index (χ0n) is 17.3. The van der Waals surface area contributed by atoms with Gasteiger partial charge in [-0.25, -0.2) is 4.21 Å². The van der Waals surface area contributed by atoms with Gasteiger partial charge >= 0.3 is 0 Å². The molecular formula is C21H27N3O5S. The molecule has 2 N–H and O–H groups in total. The third kappa shape index (κ3) is 5.10. The predicted molar refractivity (Wildman–Crippen MR) is 116 cm³/mol. The highest BCUT2D eigenvalue weighted by Crippen LogP contribution is 2.32. The van der Waals surface area contributed by atoms with Gasteiger partial charge in [0, 0.05) is 49.0 Å². The van der Waals surface area contributed by atoms with Gasteiger partial charge in [0.05, 0.1) is 14.2 Å². The molecule has 1 saturated heterocycles. The third-order valence-electron chi connectivity index (χ3n) is 5.19. The van der Waals surface area contributed by atoms with E-state index in [4.69, 9.17) is 14.0 Å². The summed E-state index contributed by atoms with van der Waals surface area (Å²) in [5, 5.41) is 0. The lowest BCUT2D eigenvalue weighted by Gasteiger charge is -2.40. The minimum atomic E-state index is -2.14. The summed E-state index contributed by atoms with van der Waals surface area (Å²) in [5.74, 6) is 1.40. The van der Waals surface area contributed by atoms with E-state index in [0.29, 0.717) is 30.1 Å². The van der Waals surface area contributed by atoms with Crippen LogP contribution in [0.5, 0.6) is 11.5 Å². The molecule has 9 heteroatoms. The van der Waals surface area contributed by atoms with Gasteiger partial charge in [0.2, 0.25) is 0 Å². The lowest BCUT2D eigenvalue weighted by molar-refractivity contribution is 0.0474. The second kappa shape index (κ2) is 9.92. The molecule has 0 aromatic heterocycles. The van der Waals surface area contributed by atoms with Crippen molar-refractivity contribution in [3.63, 3.8) is 0 Å². The van der Waals surface area contributed by atoms with E-state index in [2.05, 4.69) is 9.62 Å². The van der Waals surface area contributed by atoms with Crippen LogP contribution in [0.3, 0.4) is 0 Å². The maximum Gasteiger partial charge on any atom is 0.259 e. The summed E-state index contributed by atoms with van der Waals surface area (Å²) in [6.07, 6.45) is 0. The van der Waals surface area contributed by atoms with E-state index in [9.17, 15) is 9.00 Å². The molecule has 0 aliphatic carbocycles. The fourth-order valence-electron chi connectivity index (χ4n) is 3.74. The van der Waals surface area contributed by atoms with Crippen molar-refractivity contribution in [1.82, 2.24) is 9.80 Å². The third-order valence-corrected chi connectivity index (χ3v) is 5.60. The Morgan fingerprint density at radius 1 is 1.17 bits per heavy atom. The van der Waals surface area contributed by atoms with Crippen LogP contribution in [-0.4, -0.2) is 64.4 Å². The first-order chi connectivity index (χ1) is 14.4. The minimum Gasteiger partial charge on any atom is -0.493 e. The average molecular weight is 434 g/mol. The molecule has 1 aliphatic rings. The van der Waals surface area contributed by atoms with Crippen molar-refractivity contribution >= 4 is 22.9 Å². The number of benzene rings is 2. The van der Waals surface area contributed by atoms with Crippen molar-refractivity contribution in [2.24, 2.45) is 0 Å². The minimum absolute atomic E-state index is 0.0437. The van der Waals surface area contributed by atoms with Crippen molar-refractivity contribution in [3.8, 4) is 11.5 Å². The SMILES string of the molecule is COc1cccc(CN2CCN(C(=O)c3ccc(NS(=O)O)cc3)C(C)C2)c1OC. The van der Waals surface area contributed by atoms with Crippen LogP contribution >= 0.6 is 0 Å². The van der Waals surface area contributed by atoms with Crippen molar-refractivity contribution in [2.75, 3.05) is 38.6 Å². The molecule has 0 spiro atoms. The summed E-state index contributed by atoms with van der Waals surface area (Å²) in [7, 11) is 3.26. The molecule has 0 radical (unpaired) electrons. The molecule has 0 saturated carbocycles. The number of para-hydroxylation sites is 1. The Morgan fingerprint density at radius 2 is 1.90 bits per heavy atom. The topological polar surface area (TPSA) is 91.3 Å². The number of anilines is 1. The Bertz CT molecular complexity index is 906. The van der Waals surface area contributed by atoms with Gasteiger partial charge in [0.15, 0.2) is 11.5 Å². The summed E-state index contributed by atoms with van der Waals surface area (Å²) in [4.78, 5) is 17.1. The van der Waals surface area contributed by atoms with E-state index >= 15 is 0 Å². The molecule has 8 nitrogen and oxygen atoms in total. The predicted octanol–water partition coefficient (Wildman–Crippen LogP) is 2.60. The van der Waals surface area contributed by atoms with Crippen molar-refractivity contribution in [3.05, 3.63) is 53.6 Å². The molecule has 2 unspecified atom stereocenters. The standard InChI is InChI=1S/C21H27N3O5S/c1-15-13-23(14-17-5-4-6-19(28-2)20(17)29-3)11-12-24(15)21(25)16-7-9-18(10-8-16)22-30(26)27/h4-10,15,22H,11-14H2,1-3H3,(H,26,27). The van der Waals surface area contributed by atoms with Crippen LogP contribution in [0.25, 0.3) is 0 Å². The summed E-state index contributed by atoms with van der Waals surface area (Å²) < 4.78 is 33.0. The summed E-state index contributed by atoms with van der Waals surface area (Å²) >= 11 is -2.14. The molecule has 30 heavy (non-hydrogen) atoms. The molecule has 1 amide bonds. The summed E-state index contributed by atoms with van der Waals surface area (Å²) in [6, 6.07) is 12.5. The first-order valence-electron chi connectivity index (χ1n) is 9.63. The van der Waals surface area contributed by atoms with Gasteiger partial charge in [-0.15, -0.1) is 0 Å². The summed E-state index contributed by atoms with van der Waals surface area (Å²) in [6.45, 7) is 4.87. The lowest BCUT2D eigenvalue weighted by atomic mass is 10.1. The molecule has 2 atom stereocenters. The quantitative estimate of drug-likeness (QED) is 0.653. The van der Waals surface area contributed by atoms with Gasteiger partial charge < -0.3 is 14.4 Å². The van der Waals surface area contributed by atoms with Gasteiger partial charge in [0.1, 0.15) is 0 Å². The maximum atomic E-state index is 12.9. The molecular weight excluding hydrogens is 406 g/mol. The van der Waals surface area contributed by atoms with E-state index in [1.54, 1.807) is 38.5 Å². The normalized spacial score (nSPS) is 18.0. The number of nitrogens with one attached hydrogen (secondary N) is 1. The van der Waals surface area contributed by atoms with Crippen molar-refractivity contribution in [1.29, 1.82) is 0 Å².